The molecule has 0 aromatic rings. The molecule has 0 radical (unpaired) electrons. The molecule has 92 valence electrons. The van der Waals surface area contributed by atoms with Gasteiger partial charge in [0.1, 0.15) is 0 Å². The van der Waals surface area contributed by atoms with Crippen molar-refractivity contribution in [1.82, 2.24) is 8.61 Å². The number of likely N-dealkylation sites (N-methyl/N-ethyl adjacent to an activating group) is 1. The van der Waals surface area contributed by atoms with Crippen LogP contribution in [0.4, 0.5) is 0 Å². The van der Waals surface area contributed by atoms with Crippen LogP contribution in [-0.2, 0) is 10.2 Å². The number of hydrogen-bond donors (Lipinski definition) is 1. The van der Waals surface area contributed by atoms with E-state index in [0.29, 0.717) is 13.1 Å². The lowest BCUT2D eigenvalue weighted by Gasteiger charge is -2.29. The standard InChI is InChI=1S/C9H22N2O3S/c1-6-11(7-2)15(13,14)10(5)8-9(3,4)12/h12H,6-8H2,1-5H3. The third kappa shape index (κ3) is 4.46. The summed E-state index contributed by atoms with van der Waals surface area (Å²) in [4.78, 5) is 0. The molecule has 0 aliphatic carbocycles. The van der Waals surface area contributed by atoms with Crippen molar-refractivity contribution in [2.45, 2.75) is 33.3 Å². The van der Waals surface area contributed by atoms with Crippen molar-refractivity contribution in [3.63, 3.8) is 0 Å². The molecule has 1 N–H and O–H groups in total. The first kappa shape index (κ1) is 14.8. The first-order chi connectivity index (χ1) is 6.65. The van der Waals surface area contributed by atoms with E-state index in [0.717, 1.165) is 0 Å². The fraction of sp³-hybridized carbons (Fsp3) is 1.00. The van der Waals surface area contributed by atoms with E-state index in [9.17, 15) is 13.5 Å². The molecule has 0 atom stereocenters. The van der Waals surface area contributed by atoms with Gasteiger partial charge in [-0.2, -0.15) is 17.0 Å². The van der Waals surface area contributed by atoms with Gasteiger partial charge in [-0.25, -0.2) is 0 Å². The molecule has 0 spiro atoms. The Kier molecular flexibility index (Phi) is 5.19. The Hall–Kier alpha value is -0.170. The van der Waals surface area contributed by atoms with Crippen molar-refractivity contribution in [3.8, 4) is 0 Å². The van der Waals surface area contributed by atoms with Gasteiger partial charge >= 0.3 is 0 Å². The molecule has 0 unspecified atom stereocenters. The highest BCUT2D eigenvalue weighted by Gasteiger charge is 2.28. The predicted molar refractivity (Wildman–Crippen MR) is 60.8 cm³/mol. The Bertz CT molecular complexity index is 278. The summed E-state index contributed by atoms with van der Waals surface area (Å²) >= 11 is 0. The number of rotatable bonds is 6. The second kappa shape index (κ2) is 5.25. The molecular formula is C9H22N2O3S. The smallest absolute Gasteiger partial charge is 0.281 e. The monoisotopic (exact) mass is 238 g/mol. The van der Waals surface area contributed by atoms with Crippen LogP contribution in [0, 0.1) is 0 Å². The Balaban J connectivity index is 4.73. The summed E-state index contributed by atoms with van der Waals surface area (Å²) in [6.07, 6.45) is 0. The Labute approximate surface area is 92.9 Å². The third-order valence-electron chi connectivity index (χ3n) is 2.04. The molecule has 0 aromatic heterocycles. The molecule has 0 amide bonds. The molecule has 15 heavy (non-hydrogen) atoms. The van der Waals surface area contributed by atoms with Crippen LogP contribution in [0.1, 0.15) is 27.7 Å². The lowest BCUT2D eigenvalue weighted by Crippen LogP contribution is -2.46. The number of hydrogen-bond acceptors (Lipinski definition) is 3. The van der Waals surface area contributed by atoms with E-state index in [1.54, 1.807) is 27.7 Å². The van der Waals surface area contributed by atoms with Gasteiger partial charge < -0.3 is 5.11 Å². The van der Waals surface area contributed by atoms with E-state index in [4.69, 9.17) is 0 Å². The maximum atomic E-state index is 11.9. The van der Waals surface area contributed by atoms with Crippen molar-refractivity contribution < 1.29 is 13.5 Å². The van der Waals surface area contributed by atoms with Crippen LogP contribution in [0.25, 0.3) is 0 Å². The summed E-state index contributed by atoms with van der Waals surface area (Å²) in [5, 5.41) is 9.55. The van der Waals surface area contributed by atoms with Gasteiger partial charge in [-0.15, -0.1) is 0 Å². The van der Waals surface area contributed by atoms with Crippen LogP contribution in [0.15, 0.2) is 0 Å². The number of aliphatic hydroxyl groups is 1. The lowest BCUT2D eigenvalue weighted by atomic mass is 10.1. The fourth-order valence-corrected chi connectivity index (χ4v) is 2.90. The summed E-state index contributed by atoms with van der Waals surface area (Å²) < 4.78 is 26.4. The maximum Gasteiger partial charge on any atom is 0.281 e. The SMILES string of the molecule is CCN(CC)S(=O)(=O)N(C)CC(C)(C)O. The number of nitrogens with zero attached hydrogens (tertiary/aromatic N) is 2. The summed E-state index contributed by atoms with van der Waals surface area (Å²) in [6.45, 7) is 7.72. The van der Waals surface area contributed by atoms with Crippen molar-refractivity contribution in [2.75, 3.05) is 26.7 Å². The van der Waals surface area contributed by atoms with Crippen LogP contribution in [0.3, 0.4) is 0 Å². The summed E-state index contributed by atoms with van der Waals surface area (Å²) in [5.41, 5.74) is -1.02. The average Bonchev–Trinajstić information content (AvgIpc) is 2.02. The summed E-state index contributed by atoms with van der Waals surface area (Å²) in [7, 11) is -1.95. The zero-order chi connectivity index (χ0) is 12.3. The maximum absolute atomic E-state index is 11.9. The highest BCUT2D eigenvalue weighted by molar-refractivity contribution is 7.86. The van der Waals surface area contributed by atoms with E-state index in [2.05, 4.69) is 0 Å². The van der Waals surface area contributed by atoms with Gasteiger partial charge in [-0.1, -0.05) is 13.8 Å². The quantitative estimate of drug-likeness (QED) is 0.723. The van der Waals surface area contributed by atoms with Gasteiger partial charge in [-0.05, 0) is 13.8 Å². The van der Waals surface area contributed by atoms with Crippen molar-refractivity contribution in [3.05, 3.63) is 0 Å². The second-order valence-corrected chi connectivity index (χ2v) is 6.20. The first-order valence-electron chi connectivity index (χ1n) is 5.09. The van der Waals surface area contributed by atoms with Gasteiger partial charge in [0, 0.05) is 26.7 Å². The van der Waals surface area contributed by atoms with E-state index >= 15 is 0 Å². The topological polar surface area (TPSA) is 60.9 Å². The Morgan fingerprint density at radius 2 is 1.60 bits per heavy atom. The third-order valence-corrected chi connectivity index (χ3v) is 4.12. The van der Waals surface area contributed by atoms with Gasteiger partial charge in [0.25, 0.3) is 10.2 Å². The minimum atomic E-state index is -3.43. The van der Waals surface area contributed by atoms with Gasteiger partial charge in [0.15, 0.2) is 0 Å². The molecule has 6 heteroatoms. The van der Waals surface area contributed by atoms with E-state index in [1.165, 1.54) is 15.7 Å². The van der Waals surface area contributed by atoms with E-state index < -0.39 is 15.8 Å². The van der Waals surface area contributed by atoms with Crippen LogP contribution >= 0.6 is 0 Å². The van der Waals surface area contributed by atoms with Crippen LogP contribution in [0.5, 0.6) is 0 Å². The summed E-state index contributed by atoms with van der Waals surface area (Å²) in [5.74, 6) is 0. The minimum Gasteiger partial charge on any atom is -0.389 e. The fourth-order valence-electron chi connectivity index (χ4n) is 1.37. The minimum absolute atomic E-state index is 0.0891. The predicted octanol–water partition coefficient (Wildman–Crippen LogP) is 0.276. The molecule has 0 fully saturated rings. The zero-order valence-corrected chi connectivity index (χ0v) is 11.0. The molecule has 0 bridgehead atoms. The second-order valence-electron chi connectivity index (χ2n) is 4.16. The zero-order valence-electron chi connectivity index (χ0n) is 10.2. The molecule has 0 saturated heterocycles. The first-order valence-corrected chi connectivity index (χ1v) is 6.48. The van der Waals surface area contributed by atoms with Crippen molar-refractivity contribution in [2.24, 2.45) is 0 Å². The van der Waals surface area contributed by atoms with Gasteiger partial charge in [-0.3, -0.25) is 0 Å². The van der Waals surface area contributed by atoms with Crippen LogP contribution in [0.2, 0.25) is 0 Å². The molecule has 5 nitrogen and oxygen atoms in total. The molecular weight excluding hydrogens is 216 g/mol. The van der Waals surface area contributed by atoms with Gasteiger partial charge in [0.05, 0.1) is 5.60 Å². The molecule has 0 aromatic carbocycles. The molecule has 0 saturated carbocycles. The van der Waals surface area contributed by atoms with Crippen LogP contribution < -0.4 is 0 Å². The van der Waals surface area contributed by atoms with E-state index in [-0.39, 0.29) is 6.54 Å². The molecule has 0 aliphatic heterocycles. The highest BCUT2D eigenvalue weighted by atomic mass is 32.2. The Morgan fingerprint density at radius 1 is 1.20 bits per heavy atom. The summed E-state index contributed by atoms with van der Waals surface area (Å²) in [6, 6.07) is 0. The van der Waals surface area contributed by atoms with Crippen LogP contribution in [-0.4, -0.2) is 54.4 Å². The normalized spacial score (nSPS) is 13.9. The molecule has 0 rings (SSSR count). The average molecular weight is 238 g/mol. The molecule has 0 heterocycles. The molecule has 0 aliphatic rings. The van der Waals surface area contributed by atoms with Crippen molar-refractivity contribution in [1.29, 1.82) is 0 Å². The highest BCUT2D eigenvalue weighted by Crippen LogP contribution is 2.10. The largest absolute Gasteiger partial charge is 0.389 e. The van der Waals surface area contributed by atoms with Crippen molar-refractivity contribution >= 4 is 10.2 Å². The van der Waals surface area contributed by atoms with E-state index in [1.807, 2.05) is 0 Å². The Morgan fingerprint density at radius 3 is 1.87 bits per heavy atom. The van der Waals surface area contributed by atoms with Gasteiger partial charge in [0.2, 0.25) is 0 Å². The lowest BCUT2D eigenvalue weighted by molar-refractivity contribution is 0.0626.